The van der Waals surface area contributed by atoms with Crippen molar-refractivity contribution >= 4 is 5.97 Å². The lowest BCUT2D eigenvalue weighted by Crippen LogP contribution is -2.36. The number of aliphatic carboxylic acids is 1. The van der Waals surface area contributed by atoms with Crippen LogP contribution in [0.1, 0.15) is 11.1 Å². The van der Waals surface area contributed by atoms with Gasteiger partial charge in [0, 0.05) is 11.8 Å². The lowest BCUT2D eigenvalue weighted by atomic mass is 10.2. The van der Waals surface area contributed by atoms with Gasteiger partial charge >= 0.3 is 11.7 Å². The summed E-state index contributed by atoms with van der Waals surface area (Å²) in [5.74, 6) is -1.13. The molecular weight excluding hydrogens is 248 g/mol. The van der Waals surface area contributed by atoms with Crippen LogP contribution in [-0.2, 0) is 11.2 Å². The highest BCUT2D eigenvalue weighted by molar-refractivity contribution is 5.69. The minimum Gasteiger partial charge on any atom is -0.481 e. The maximum absolute atomic E-state index is 12.1. The molecule has 0 aliphatic heterocycles. The number of aryl methyl sites for hydroxylation is 1. The van der Waals surface area contributed by atoms with Gasteiger partial charge in [-0.15, -0.1) is 0 Å². The van der Waals surface area contributed by atoms with Gasteiger partial charge < -0.3 is 10.1 Å². The Morgan fingerprint density at radius 1 is 1.26 bits per heavy atom. The fraction of sp³-hybridized carbons (Fsp3) is 0.154. The zero-order valence-corrected chi connectivity index (χ0v) is 10.2. The van der Waals surface area contributed by atoms with Gasteiger partial charge in [-0.2, -0.15) is 0 Å². The molecule has 0 unspecified atom stereocenters. The normalized spacial score (nSPS) is 10.4. The van der Waals surface area contributed by atoms with Crippen LogP contribution in [0.5, 0.6) is 0 Å². The standard InChI is InChI=1S/C13H12N2O4/c1-8-2-4-10(5-3-8)15-12(18)9(6-11(16)17)7-14-13(15)19/h2-5,7H,6H2,1H3,(H,14,19)(H,16,17). The molecule has 19 heavy (non-hydrogen) atoms. The molecule has 1 heterocycles. The number of nitrogens with zero attached hydrogens (tertiary/aromatic N) is 1. The first-order valence-corrected chi connectivity index (χ1v) is 5.61. The molecule has 0 radical (unpaired) electrons. The Hall–Kier alpha value is -2.63. The molecule has 6 nitrogen and oxygen atoms in total. The van der Waals surface area contributed by atoms with Gasteiger partial charge in [0.1, 0.15) is 0 Å². The number of H-pyrrole nitrogens is 1. The number of nitrogens with one attached hydrogen (secondary N) is 1. The van der Waals surface area contributed by atoms with Crippen molar-refractivity contribution in [3.05, 3.63) is 62.4 Å². The van der Waals surface area contributed by atoms with Gasteiger partial charge in [-0.1, -0.05) is 17.7 Å². The molecule has 2 aromatic rings. The molecule has 2 N–H and O–H groups in total. The van der Waals surface area contributed by atoms with Crippen LogP contribution < -0.4 is 11.2 Å². The van der Waals surface area contributed by atoms with Crippen LogP contribution in [0, 0.1) is 6.92 Å². The second kappa shape index (κ2) is 4.93. The SMILES string of the molecule is Cc1ccc(-n2c(=O)[nH]cc(CC(=O)O)c2=O)cc1. The van der Waals surface area contributed by atoms with Gasteiger partial charge in [-0.05, 0) is 19.1 Å². The number of hydrogen-bond acceptors (Lipinski definition) is 3. The summed E-state index contributed by atoms with van der Waals surface area (Å²) < 4.78 is 0.928. The Morgan fingerprint density at radius 2 is 1.89 bits per heavy atom. The molecule has 0 saturated heterocycles. The summed E-state index contributed by atoms with van der Waals surface area (Å²) in [5.41, 5.74) is 0.227. The Morgan fingerprint density at radius 3 is 2.47 bits per heavy atom. The molecule has 1 aromatic carbocycles. The number of carboxylic acid groups (broad SMARTS) is 1. The molecule has 2 rings (SSSR count). The van der Waals surface area contributed by atoms with E-state index in [4.69, 9.17) is 5.11 Å². The summed E-state index contributed by atoms with van der Waals surface area (Å²) in [6, 6.07) is 6.81. The third-order valence-corrected chi connectivity index (χ3v) is 2.68. The van der Waals surface area contributed by atoms with Crippen molar-refractivity contribution in [2.75, 3.05) is 0 Å². The number of hydrogen-bond donors (Lipinski definition) is 2. The van der Waals surface area contributed by atoms with Crippen LogP contribution in [-0.4, -0.2) is 20.6 Å². The summed E-state index contributed by atoms with van der Waals surface area (Å²) in [7, 11) is 0. The number of carboxylic acids is 1. The smallest absolute Gasteiger partial charge is 0.332 e. The van der Waals surface area contributed by atoms with Gasteiger partial charge in [0.05, 0.1) is 12.1 Å². The number of rotatable bonds is 3. The fourth-order valence-electron chi connectivity index (χ4n) is 1.73. The van der Waals surface area contributed by atoms with Crippen LogP contribution >= 0.6 is 0 Å². The van der Waals surface area contributed by atoms with Gasteiger partial charge in [0.2, 0.25) is 0 Å². The average molecular weight is 260 g/mol. The van der Waals surface area contributed by atoms with Crippen molar-refractivity contribution in [3.8, 4) is 5.69 Å². The highest BCUT2D eigenvalue weighted by Crippen LogP contribution is 2.05. The van der Waals surface area contributed by atoms with E-state index >= 15 is 0 Å². The van der Waals surface area contributed by atoms with E-state index in [-0.39, 0.29) is 5.56 Å². The molecule has 0 atom stereocenters. The minimum atomic E-state index is -1.13. The van der Waals surface area contributed by atoms with Gasteiger partial charge in [0.15, 0.2) is 0 Å². The Labute approximate surface area is 108 Å². The monoisotopic (exact) mass is 260 g/mol. The highest BCUT2D eigenvalue weighted by atomic mass is 16.4. The van der Waals surface area contributed by atoms with E-state index in [1.807, 2.05) is 6.92 Å². The van der Waals surface area contributed by atoms with E-state index in [0.29, 0.717) is 5.69 Å². The second-order valence-electron chi connectivity index (χ2n) is 4.17. The second-order valence-corrected chi connectivity index (χ2v) is 4.17. The Bertz CT molecular complexity index is 726. The van der Waals surface area contributed by atoms with E-state index in [2.05, 4.69) is 4.98 Å². The topological polar surface area (TPSA) is 92.2 Å². The zero-order chi connectivity index (χ0) is 14.0. The van der Waals surface area contributed by atoms with Crippen LogP contribution in [0.4, 0.5) is 0 Å². The summed E-state index contributed by atoms with van der Waals surface area (Å²) in [5, 5.41) is 8.72. The number of carbonyl (C=O) groups is 1. The van der Waals surface area contributed by atoms with Crippen molar-refractivity contribution in [2.24, 2.45) is 0 Å². The van der Waals surface area contributed by atoms with E-state index in [9.17, 15) is 14.4 Å². The number of benzene rings is 1. The average Bonchev–Trinajstić information content (AvgIpc) is 2.35. The van der Waals surface area contributed by atoms with Gasteiger partial charge in [-0.3, -0.25) is 9.59 Å². The van der Waals surface area contributed by atoms with Crippen LogP contribution in [0.15, 0.2) is 40.1 Å². The van der Waals surface area contributed by atoms with Crippen LogP contribution in [0.3, 0.4) is 0 Å². The molecule has 0 amide bonds. The lowest BCUT2D eigenvalue weighted by molar-refractivity contribution is -0.136. The summed E-state index contributed by atoms with van der Waals surface area (Å²) in [4.78, 5) is 36.8. The van der Waals surface area contributed by atoms with Crippen LogP contribution in [0.2, 0.25) is 0 Å². The summed E-state index contributed by atoms with van der Waals surface area (Å²) in [6.07, 6.45) is 0.713. The quantitative estimate of drug-likeness (QED) is 0.838. The van der Waals surface area contributed by atoms with Gasteiger partial charge in [-0.25, -0.2) is 9.36 Å². The number of aromatic nitrogens is 2. The molecule has 1 aromatic heterocycles. The third kappa shape index (κ3) is 2.62. The van der Waals surface area contributed by atoms with Crippen molar-refractivity contribution in [3.63, 3.8) is 0 Å². The minimum absolute atomic E-state index is 0.0349. The van der Waals surface area contributed by atoms with E-state index in [1.54, 1.807) is 24.3 Å². The van der Waals surface area contributed by atoms with Crippen molar-refractivity contribution in [1.82, 2.24) is 9.55 Å². The summed E-state index contributed by atoms with van der Waals surface area (Å²) in [6.45, 7) is 1.89. The molecule has 98 valence electrons. The van der Waals surface area contributed by atoms with Crippen molar-refractivity contribution < 1.29 is 9.90 Å². The molecule has 0 fully saturated rings. The molecule has 0 bridgehead atoms. The summed E-state index contributed by atoms with van der Waals surface area (Å²) >= 11 is 0. The largest absolute Gasteiger partial charge is 0.481 e. The fourth-order valence-corrected chi connectivity index (χ4v) is 1.73. The maximum Gasteiger partial charge on any atom is 0.332 e. The molecule has 0 saturated carbocycles. The predicted octanol–water partition coefficient (Wildman–Crippen LogP) is 0.461. The number of aromatic amines is 1. The maximum atomic E-state index is 12.1. The lowest BCUT2D eigenvalue weighted by Gasteiger charge is -2.06. The third-order valence-electron chi connectivity index (χ3n) is 2.68. The molecule has 0 aliphatic rings. The van der Waals surface area contributed by atoms with E-state index in [1.165, 1.54) is 0 Å². The first-order chi connectivity index (χ1) is 8.99. The molecule has 6 heteroatoms. The highest BCUT2D eigenvalue weighted by Gasteiger charge is 2.11. The Kier molecular flexibility index (Phi) is 3.33. The van der Waals surface area contributed by atoms with Crippen molar-refractivity contribution in [2.45, 2.75) is 13.3 Å². The predicted molar refractivity (Wildman–Crippen MR) is 68.7 cm³/mol. The van der Waals surface area contributed by atoms with E-state index in [0.717, 1.165) is 16.3 Å². The van der Waals surface area contributed by atoms with Crippen LogP contribution in [0.25, 0.3) is 5.69 Å². The van der Waals surface area contributed by atoms with E-state index < -0.39 is 23.6 Å². The first-order valence-electron chi connectivity index (χ1n) is 5.61. The molecule has 0 spiro atoms. The molecular formula is C13H12N2O4. The Balaban J connectivity index is 2.63. The van der Waals surface area contributed by atoms with Gasteiger partial charge in [0.25, 0.3) is 5.56 Å². The van der Waals surface area contributed by atoms with Crippen molar-refractivity contribution in [1.29, 1.82) is 0 Å². The zero-order valence-electron chi connectivity index (χ0n) is 10.2. The first kappa shape index (κ1) is 12.8. The molecule has 0 aliphatic carbocycles.